The molecule has 35 heavy (non-hydrogen) atoms. The minimum absolute atomic E-state index is 0.391. The van der Waals surface area contributed by atoms with Gasteiger partial charge in [0.15, 0.2) is 0 Å². The van der Waals surface area contributed by atoms with E-state index < -0.39 is 7.32 Å². The van der Waals surface area contributed by atoms with E-state index in [1.54, 1.807) is 12.1 Å². The predicted octanol–water partition coefficient (Wildman–Crippen LogP) is 6.47. The van der Waals surface area contributed by atoms with Gasteiger partial charge in [-0.25, -0.2) is 0 Å². The van der Waals surface area contributed by atoms with Crippen LogP contribution in [0.4, 0.5) is 0 Å². The summed E-state index contributed by atoms with van der Waals surface area (Å²) in [5, 5.41) is 20.6. The van der Waals surface area contributed by atoms with Crippen molar-refractivity contribution in [3.63, 3.8) is 0 Å². The fourth-order valence-electron chi connectivity index (χ4n) is 4.72. The number of rotatable bonds is 5. The summed E-state index contributed by atoms with van der Waals surface area (Å²) < 4.78 is 7.22. The van der Waals surface area contributed by atoms with Crippen molar-refractivity contribution < 1.29 is 14.7 Å². The SMILES string of the molecule is OB(O)Oc1ccc(-n2c3ccc(-c4ccccc4)cc3c3cc(-c4ccccc4)ccc32)cc1. The molecule has 0 saturated heterocycles. The lowest BCUT2D eigenvalue weighted by Gasteiger charge is -2.10. The third kappa shape index (κ3) is 3.97. The van der Waals surface area contributed by atoms with Crippen molar-refractivity contribution in [2.24, 2.45) is 0 Å². The van der Waals surface area contributed by atoms with Crippen LogP contribution in [0.15, 0.2) is 121 Å². The van der Waals surface area contributed by atoms with Gasteiger partial charge >= 0.3 is 7.32 Å². The Morgan fingerprint density at radius 2 is 1.00 bits per heavy atom. The molecule has 0 aliphatic heterocycles. The summed E-state index contributed by atoms with van der Waals surface area (Å²) in [6.07, 6.45) is 0. The molecule has 0 bridgehead atoms. The van der Waals surface area contributed by atoms with E-state index in [-0.39, 0.29) is 0 Å². The van der Waals surface area contributed by atoms with E-state index in [1.165, 1.54) is 33.0 Å². The Labute approximate surface area is 203 Å². The predicted molar refractivity (Wildman–Crippen MR) is 142 cm³/mol. The number of hydrogen-bond donors (Lipinski definition) is 2. The van der Waals surface area contributed by atoms with Gasteiger partial charge in [0.2, 0.25) is 0 Å². The maximum absolute atomic E-state index is 9.11. The number of fused-ring (bicyclic) bond motifs is 3. The Hall–Kier alpha value is -4.32. The van der Waals surface area contributed by atoms with Crippen LogP contribution in [0.1, 0.15) is 0 Å². The van der Waals surface area contributed by atoms with Crippen molar-refractivity contribution in [2.75, 3.05) is 0 Å². The van der Waals surface area contributed by atoms with Crippen LogP contribution in [-0.2, 0) is 0 Å². The molecule has 168 valence electrons. The summed E-state index contributed by atoms with van der Waals surface area (Å²) in [5.41, 5.74) is 7.86. The first-order chi connectivity index (χ1) is 17.2. The minimum atomic E-state index is -1.85. The molecular weight excluding hydrogens is 433 g/mol. The van der Waals surface area contributed by atoms with Crippen molar-refractivity contribution in [1.29, 1.82) is 0 Å². The molecule has 0 fully saturated rings. The summed E-state index contributed by atoms with van der Waals surface area (Å²) in [4.78, 5) is 0. The van der Waals surface area contributed by atoms with Crippen molar-refractivity contribution in [3.05, 3.63) is 121 Å². The van der Waals surface area contributed by atoms with Gasteiger partial charge in [0.1, 0.15) is 5.75 Å². The summed E-state index contributed by atoms with van der Waals surface area (Å²) in [5.74, 6) is 0.391. The molecule has 0 amide bonds. The molecule has 0 unspecified atom stereocenters. The van der Waals surface area contributed by atoms with E-state index in [2.05, 4.69) is 89.5 Å². The van der Waals surface area contributed by atoms with Crippen LogP contribution in [0.2, 0.25) is 0 Å². The molecule has 0 atom stereocenters. The number of aromatic nitrogens is 1. The van der Waals surface area contributed by atoms with E-state index >= 15 is 0 Å². The standard InChI is InChI=1S/C30H22BNO3/c33-31(34)35-26-15-13-25(14-16-26)32-29-17-11-23(21-7-3-1-4-8-21)19-27(29)28-20-24(12-18-30(28)32)22-9-5-2-6-10-22/h1-20,33-34H. The highest BCUT2D eigenvalue weighted by molar-refractivity contribution is 6.33. The zero-order chi connectivity index (χ0) is 23.8. The van der Waals surface area contributed by atoms with Gasteiger partial charge in [0.25, 0.3) is 0 Å². The molecule has 0 saturated carbocycles. The second-order valence-corrected chi connectivity index (χ2v) is 8.47. The van der Waals surface area contributed by atoms with E-state index in [4.69, 9.17) is 14.7 Å². The van der Waals surface area contributed by atoms with Gasteiger partial charge in [0, 0.05) is 16.5 Å². The van der Waals surface area contributed by atoms with Crippen LogP contribution in [0.5, 0.6) is 5.75 Å². The molecule has 0 aliphatic carbocycles. The summed E-state index contributed by atoms with van der Waals surface area (Å²) in [6, 6.07) is 41.3. The number of nitrogens with zero attached hydrogens (tertiary/aromatic N) is 1. The van der Waals surface area contributed by atoms with Gasteiger partial charge in [-0.3, -0.25) is 0 Å². The minimum Gasteiger partial charge on any atom is -0.512 e. The van der Waals surface area contributed by atoms with E-state index in [0.717, 1.165) is 16.7 Å². The van der Waals surface area contributed by atoms with Crippen molar-refractivity contribution in [3.8, 4) is 33.7 Å². The molecule has 0 spiro atoms. The maximum atomic E-state index is 9.11. The molecule has 1 heterocycles. The van der Waals surface area contributed by atoms with Gasteiger partial charge in [-0.15, -0.1) is 0 Å². The normalized spacial score (nSPS) is 11.1. The van der Waals surface area contributed by atoms with Crippen LogP contribution in [-0.4, -0.2) is 21.9 Å². The van der Waals surface area contributed by atoms with Crippen LogP contribution in [0, 0.1) is 0 Å². The van der Waals surface area contributed by atoms with E-state index in [9.17, 15) is 0 Å². The molecular formula is C30H22BNO3. The fraction of sp³-hybridized carbons (Fsp3) is 0. The molecule has 6 aromatic rings. The van der Waals surface area contributed by atoms with Gasteiger partial charge in [0.05, 0.1) is 11.0 Å². The Bertz CT molecular complexity index is 1530. The molecule has 1 aromatic heterocycles. The Morgan fingerprint density at radius 3 is 1.46 bits per heavy atom. The van der Waals surface area contributed by atoms with Gasteiger partial charge in [-0.05, 0) is 70.8 Å². The number of hydrogen-bond acceptors (Lipinski definition) is 3. The smallest absolute Gasteiger partial charge is 0.512 e. The average Bonchev–Trinajstić information content (AvgIpc) is 3.23. The van der Waals surface area contributed by atoms with Crippen molar-refractivity contribution >= 4 is 29.1 Å². The third-order valence-electron chi connectivity index (χ3n) is 6.32. The first kappa shape index (κ1) is 21.2. The average molecular weight is 455 g/mol. The highest BCUT2D eigenvalue weighted by Gasteiger charge is 2.16. The Morgan fingerprint density at radius 1 is 0.514 bits per heavy atom. The summed E-state index contributed by atoms with van der Waals surface area (Å²) >= 11 is 0. The molecule has 4 nitrogen and oxygen atoms in total. The zero-order valence-electron chi connectivity index (χ0n) is 18.9. The molecule has 5 heteroatoms. The molecule has 2 N–H and O–H groups in total. The highest BCUT2D eigenvalue weighted by atomic mass is 16.6. The zero-order valence-corrected chi connectivity index (χ0v) is 18.9. The molecule has 0 radical (unpaired) electrons. The van der Waals surface area contributed by atoms with Crippen LogP contribution >= 0.6 is 0 Å². The lowest BCUT2D eigenvalue weighted by molar-refractivity contribution is 0.288. The van der Waals surface area contributed by atoms with E-state index in [0.29, 0.717) is 5.75 Å². The quantitative estimate of drug-likeness (QED) is 0.293. The van der Waals surface area contributed by atoms with Crippen LogP contribution in [0.3, 0.4) is 0 Å². The monoisotopic (exact) mass is 455 g/mol. The van der Waals surface area contributed by atoms with E-state index in [1.807, 2.05) is 24.3 Å². The van der Waals surface area contributed by atoms with Gasteiger partial charge in [-0.2, -0.15) is 0 Å². The van der Waals surface area contributed by atoms with Gasteiger partial charge < -0.3 is 19.3 Å². The second kappa shape index (κ2) is 8.80. The fourth-order valence-corrected chi connectivity index (χ4v) is 4.72. The largest absolute Gasteiger partial charge is 0.707 e. The van der Waals surface area contributed by atoms with Crippen molar-refractivity contribution in [1.82, 2.24) is 4.57 Å². The topological polar surface area (TPSA) is 54.6 Å². The molecule has 5 aromatic carbocycles. The maximum Gasteiger partial charge on any atom is 0.707 e. The van der Waals surface area contributed by atoms with Crippen LogP contribution < -0.4 is 4.65 Å². The lowest BCUT2D eigenvalue weighted by atomic mass is 10.0. The lowest BCUT2D eigenvalue weighted by Crippen LogP contribution is -2.20. The first-order valence-electron chi connectivity index (χ1n) is 11.5. The number of benzene rings is 5. The molecule has 6 rings (SSSR count). The summed E-state index contributed by atoms with van der Waals surface area (Å²) in [7, 11) is -1.85. The summed E-state index contributed by atoms with van der Waals surface area (Å²) in [6.45, 7) is 0. The molecule has 0 aliphatic rings. The Balaban J connectivity index is 1.59. The Kier molecular flexibility index (Phi) is 5.34. The van der Waals surface area contributed by atoms with Gasteiger partial charge in [-0.1, -0.05) is 72.8 Å². The third-order valence-corrected chi connectivity index (χ3v) is 6.32. The first-order valence-corrected chi connectivity index (χ1v) is 11.5. The highest BCUT2D eigenvalue weighted by Crippen LogP contribution is 2.37. The van der Waals surface area contributed by atoms with Crippen molar-refractivity contribution in [2.45, 2.75) is 0 Å². The van der Waals surface area contributed by atoms with Crippen LogP contribution in [0.25, 0.3) is 49.7 Å². The second-order valence-electron chi connectivity index (χ2n) is 8.47.